The molecular weight excluding hydrogens is 278 g/mol. The van der Waals surface area contributed by atoms with Crippen molar-refractivity contribution in [2.45, 2.75) is 25.4 Å². The minimum absolute atomic E-state index is 0.130. The Morgan fingerprint density at radius 3 is 3.10 bits per heavy atom. The number of rotatable bonds is 3. The third-order valence-electron chi connectivity index (χ3n) is 4.41. The maximum atomic E-state index is 11.2. The van der Waals surface area contributed by atoms with Crippen LogP contribution in [0.25, 0.3) is 0 Å². The number of fused-ring (bicyclic) bond motifs is 1. The Balaban J connectivity index is 1.82. The van der Waals surface area contributed by atoms with Crippen LogP contribution in [0.4, 0.5) is 5.69 Å². The van der Waals surface area contributed by atoms with Gasteiger partial charge >= 0.3 is 0 Å². The number of hydrogen-bond donors (Lipinski definition) is 1. The molecule has 1 aromatic rings. The first kappa shape index (κ1) is 13.8. The van der Waals surface area contributed by atoms with Crippen LogP contribution in [0.5, 0.6) is 0 Å². The summed E-state index contributed by atoms with van der Waals surface area (Å²) < 4.78 is 0. The molecule has 0 aromatic heterocycles. The highest BCUT2D eigenvalue weighted by Crippen LogP contribution is 2.30. The van der Waals surface area contributed by atoms with E-state index in [-0.39, 0.29) is 10.6 Å². The molecule has 2 aliphatic heterocycles. The molecule has 2 unspecified atom stereocenters. The summed E-state index contributed by atoms with van der Waals surface area (Å²) in [5.41, 5.74) is 0.887. The molecule has 3 rings (SSSR count). The second-order valence-corrected chi connectivity index (χ2v) is 6.06. The second kappa shape index (κ2) is 5.68. The van der Waals surface area contributed by atoms with E-state index in [9.17, 15) is 10.1 Å². The first-order chi connectivity index (χ1) is 9.65. The van der Waals surface area contributed by atoms with E-state index in [2.05, 4.69) is 10.2 Å². The molecule has 0 spiro atoms. The molecule has 0 aliphatic carbocycles. The Kier molecular flexibility index (Phi) is 3.92. The lowest BCUT2D eigenvalue weighted by atomic mass is 9.91. The van der Waals surface area contributed by atoms with Crippen molar-refractivity contribution in [1.82, 2.24) is 10.2 Å². The average Bonchev–Trinajstić information content (AvgIpc) is 2.90. The van der Waals surface area contributed by atoms with Crippen molar-refractivity contribution in [1.29, 1.82) is 0 Å². The van der Waals surface area contributed by atoms with E-state index in [4.69, 9.17) is 11.6 Å². The minimum Gasteiger partial charge on any atom is -0.315 e. The molecule has 108 valence electrons. The quantitative estimate of drug-likeness (QED) is 0.687. The highest BCUT2D eigenvalue weighted by atomic mass is 35.5. The SMILES string of the molecule is O=[N+]([O-])c1cc(Cl)ccc1CN1CCCC2CNCC21. The van der Waals surface area contributed by atoms with Crippen LogP contribution in [0.15, 0.2) is 18.2 Å². The van der Waals surface area contributed by atoms with Gasteiger partial charge in [-0.05, 0) is 44.0 Å². The largest absolute Gasteiger partial charge is 0.315 e. The third-order valence-corrected chi connectivity index (χ3v) is 4.65. The molecule has 5 nitrogen and oxygen atoms in total. The van der Waals surface area contributed by atoms with E-state index in [0.717, 1.165) is 25.2 Å². The molecule has 2 heterocycles. The lowest BCUT2D eigenvalue weighted by Crippen LogP contribution is -2.44. The van der Waals surface area contributed by atoms with Crippen LogP contribution in [0, 0.1) is 16.0 Å². The van der Waals surface area contributed by atoms with Crippen molar-refractivity contribution in [3.05, 3.63) is 38.9 Å². The van der Waals surface area contributed by atoms with Crippen molar-refractivity contribution in [2.24, 2.45) is 5.92 Å². The molecule has 0 bridgehead atoms. The van der Waals surface area contributed by atoms with Crippen molar-refractivity contribution in [3.8, 4) is 0 Å². The van der Waals surface area contributed by atoms with Gasteiger partial charge in [-0.25, -0.2) is 0 Å². The van der Waals surface area contributed by atoms with Crippen molar-refractivity contribution in [3.63, 3.8) is 0 Å². The van der Waals surface area contributed by atoms with Crippen LogP contribution in [-0.4, -0.2) is 35.5 Å². The fourth-order valence-corrected chi connectivity index (χ4v) is 3.59. The Hall–Kier alpha value is -1.17. The van der Waals surface area contributed by atoms with Crippen molar-refractivity contribution < 1.29 is 4.92 Å². The number of nitrogens with zero attached hydrogens (tertiary/aromatic N) is 2. The van der Waals surface area contributed by atoms with Gasteiger partial charge in [0.2, 0.25) is 0 Å². The number of halogens is 1. The number of likely N-dealkylation sites (tertiary alicyclic amines) is 1. The fourth-order valence-electron chi connectivity index (χ4n) is 3.42. The molecule has 0 saturated carbocycles. The zero-order valence-corrected chi connectivity index (χ0v) is 12.0. The van der Waals surface area contributed by atoms with Crippen LogP contribution >= 0.6 is 11.6 Å². The smallest absolute Gasteiger partial charge is 0.275 e. The molecule has 0 radical (unpaired) electrons. The molecule has 20 heavy (non-hydrogen) atoms. The fraction of sp³-hybridized carbons (Fsp3) is 0.571. The highest BCUT2D eigenvalue weighted by Gasteiger charge is 2.35. The van der Waals surface area contributed by atoms with Crippen LogP contribution in [-0.2, 0) is 6.54 Å². The normalized spacial score (nSPS) is 26.4. The van der Waals surface area contributed by atoms with Gasteiger partial charge in [0.15, 0.2) is 0 Å². The predicted octanol–water partition coefficient (Wildman–Crippen LogP) is 2.43. The number of benzene rings is 1. The molecule has 2 fully saturated rings. The number of nitro benzene ring substituents is 1. The first-order valence-corrected chi connectivity index (χ1v) is 7.40. The average molecular weight is 296 g/mol. The maximum Gasteiger partial charge on any atom is 0.275 e. The van der Waals surface area contributed by atoms with E-state index < -0.39 is 0 Å². The number of hydrogen-bond acceptors (Lipinski definition) is 4. The summed E-state index contributed by atoms with van der Waals surface area (Å²) >= 11 is 5.86. The van der Waals surface area contributed by atoms with Gasteiger partial charge in [-0.15, -0.1) is 0 Å². The summed E-state index contributed by atoms with van der Waals surface area (Å²) in [6.07, 6.45) is 2.43. The van der Waals surface area contributed by atoms with Gasteiger partial charge in [0.05, 0.1) is 4.92 Å². The van der Waals surface area contributed by atoms with Crippen LogP contribution in [0.2, 0.25) is 5.02 Å². The van der Waals surface area contributed by atoms with E-state index >= 15 is 0 Å². The van der Waals surface area contributed by atoms with Crippen molar-refractivity contribution in [2.75, 3.05) is 19.6 Å². The topological polar surface area (TPSA) is 58.4 Å². The summed E-state index contributed by atoms with van der Waals surface area (Å²) in [5.74, 6) is 0.690. The number of nitro groups is 1. The Morgan fingerprint density at radius 2 is 2.30 bits per heavy atom. The van der Waals surface area contributed by atoms with Crippen LogP contribution in [0.1, 0.15) is 18.4 Å². The third kappa shape index (κ3) is 2.66. The Labute approximate surface area is 123 Å². The zero-order chi connectivity index (χ0) is 14.1. The summed E-state index contributed by atoms with van der Waals surface area (Å²) in [5, 5.41) is 15.0. The molecule has 6 heteroatoms. The van der Waals surface area contributed by atoms with Gasteiger partial charge in [-0.1, -0.05) is 11.6 Å². The van der Waals surface area contributed by atoms with E-state index in [1.165, 1.54) is 18.9 Å². The van der Waals surface area contributed by atoms with Crippen molar-refractivity contribution >= 4 is 17.3 Å². The summed E-state index contributed by atoms with van der Waals surface area (Å²) in [6, 6.07) is 5.48. The lowest BCUT2D eigenvalue weighted by Gasteiger charge is -2.36. The number of nitrogens with one attached hydrogen (secondary N) is 1. The zero-order valence-electron chi connectivity index (χ0n) is 11.2. The molecule has 1 aromatic carbocycles. The second-order valence-electron chi connectivity index (χ2n) is 5.63. The summed E-state index contributed by atoms with van der Waals surface area (Å²) in [6.45, 7) is 3.72. The Bertz CT molecular complexity index is 523. The maximum absolute atomic E-state index is 11.2. The van der Waals surface area contributed by atoms with E-state index in [1.807, 2.05) is 0 Å². The van der Waals surface area contributed by atoms with Crippen LogP contribution in [0.3, 0.4) is 0 Å². The van der Waals surface area contributed by atoms with Gasteiger partial charge in [0, 0.05) is 35.8 Å². The summed E-state index contributed by atoms with van der Waals surface area (Å²) in [4.78, 5) is 13.2. The minimum atomic E-state index is -0.338. The van der Waals surface area contributed by atoms with E-state index in [0.29, 0.717) is 23.5 Å². The molecule has 0 amide bonds. The standard InChI is InChI=1S/C14H18ClN3O2/c15-12-4-3-11(13(6-12)18(19)20)9-17-5-1-2-10-7-16-8-14(10)17/h3-4,6,10,14,16H,1-2,5,7-9H2. The molecule has 2 aliphatic rings. The first-order valence-electron chi connectivity index (χ1n) is 7.03. The van der Waals surface area contributed by atoms with Crippen LogP contribution < -0.4 is 5.32 Å². The monoisotopic (exact) mass is 295 g/mol. The summed E-state index contributed by atoms with van der Waals surface area (Å²) in [7, 11) is 0. The van der Waals surface area contributed by atoms with Gasteiger partial charge in [0.25, 0.3) is 5.69 Å². The Morgan fingerprint density at radius 1 is 1.45 bits per heavy atom. The predicted molar refractivity (Wildman–Crippen MR) is 77.9 cm³/mol. The number of piperidine rings is 1. The molecule has 2 atom stereocenters. The van der Waals surface area contributed by atoms with Gasteiger partial charge < -0.3 is 5.32 Å². The molecule has 2 saturated heterocycles. The van der Waals surface area contributed by atoms with Gasteiger partial charge in [0.1, 0.15) is 0 Å². The lowest BCUT2D eigenvalue weighted by molar-refractivity contribution is -0.385. The highest BCUT2D eigenvalue weighted by molar-refractivity contribution is 6.30. The molecular formula is C14H18ClN3O2. The van der Waals surface area contributed by atoms with Gasteiger partial charge in [-0.3, -0.25) is 15.0 Å². The molecule has 1 N–H and O–H groups in total. The van der Waals surface area contributed by atoms with E-state index in [1.54, 1.807) is 12.1 Å². The van der Waals surface area contributed by atoms with Gasteiger partial charge in [-0.2, -0.15) is 0 Å².